The first-order valence-corrected chi connectivity index (χ1v) is 6.76. The maximum atomic E-state index is 5.52. The van der Waals surface area contributed by atoms with Crippen molar-refractivity contribution in [1.29, 1.82) is 0 Å². The molecule has 2 aromatic rings. The van der Waals surface area contributed by atoms with Crippen molar-refractivity contribution in [1.82, 2.24) is 10.3 Å². The Kier molecular flexibility index (Phi) is 4.05. The Morgan fingerprint density at radius 1 is 1.16 bits per heavy atom. The average Bonchev–Trinajstić information content (AvgIpc) is 2.83. The zero-order valence-corrected chi connectivity index (χ0v) is 12.2. The van der Waals surface area contributed by atoms with Crippen LogP contribution in [0.25, 0.3) is 11.3 Å². The molecule has 0 aliphatic heterocycles. The molecule has 102 valence electrons. The predicted molar refractivity (Wildman–Crippen MR) is 78.0 cm³/mol. The molecule has 0 saturated carbocycles. The Morgan fingerprint density at radius 3 is 2.42 bits per heavy atom. The van der Waals surface area contributed by atoms with Gasteiger partial charge in [0.15, 0.2) is 12.2 Å². The van der Waals surface area contributed by atoms with Gasteiger partial charge in [-0.1, -0.05) is 52.0 Å². The number of rotatable bonds is 4. The van der Waals surface area contributed by atoms with Crippen molar-refractivity contribution in [2.75, 3.05) is 6.54 Å². The smallest absolute Gasteiger partial charge is 0.181 e. The highest BCUT2D eigenvalue weighted by molar-refractivity contribution is 5.60. The van der Waals surface area contributed by atoms with Crippen LogP contribution in [0.5, 0.6) is 0 Å². The fourth-order valence-electron chi connectivity index (χ4n) is 1.99. The van der Waals surface area contributed by atoms with Gasteiger partial charge in [-0.15, -0.1) is 0 Å². The molecule has 0 unspecified atom stereocenters. The van der Waals surface area contributed by atoms with Gasteiger partial charge in [0.05, 0.1) is 0 Å². The van der Waals surface area contributed by atoms with E-state index in [1.54, 1.807) is 0 Å². The summed E-state index contributed by atoms with van der Waals surface area (Å²) in [6.07, 6.45) is 1.51. The third-order valence-electron chi connectivity index (χ3n) is 3.20. The molecule has 3 nitrogen and oxygen atoms in total. The molecule has 0 bridgehead atoms. The van der Waals surface area contributed by atoms with Gasteiger partial charge in [0.1, 0.15) is 5.69 Å². The molecule has 0 amide bonds. The van der Waals surface area contributed by atoms with Crippen molar-refractivity contribution in [3.05, 3.63) is 41.9 Å². The molecule has 0 aliphatic carbocycles. The number of aromatic nitrogens is 1. The highest BCUT2D eigenvalue weighted by atomic mass is 16.3. The van der Waals surface area contributed by atoms with Crippen molar-refractivity contribution in [2.24, 2.45) is 0 Å². The van der Waals surface area contributed by atoms with Gasteiger partial charge in [-0.05, 0) is 17.5 Å². The normalized spacial score (nSPS) is 11.8. The Balaban J connectivity index is 2.25. The predicted octanol–water partition coefficient (Wildman–Crippen LogP) is 3.75. The number of nitrogens with zero attached hydrogens (tertiary/aromatic N) is 1. The lowest BCUT2D eigenvalue weighted by Gasteiger charge is -2.18. The summed E-state index contributed by atoms with van der Waals surface area (Å²) in [5.41, 5.74) is 3.54. The SMILES string of the molecule is CCNCc1ncoc1-c1ccc(C(C)(C)C)cc1. The largest absolute Gasteiger partial charge is 0.443 e. The van der Waals surface area contributed by atoms with Gasteiger partial charge in [-0.3, -0.25) is 0 Å². The van der Waals surface area contributed by atoms with Gasteiger partial charge < -0.3 is 9.73 Å². The van der Waals surface area contributed by atoms with Gasteiger partial charge in [-0.2, -0.15) is 0 Å². The van der Waals surface area contributed by atoms with E-state index in [1.807, 2.05) is 0 Å². The van der Waals surface area contributed by atoms with Crippen LogP contribution >= 0.6 is 0 Å². The molecule has 1 N–H and O–H groups in total. The first-order chi connectivity index (χ1) is 9.02. The quantitative estimate of drug-likeness (QED) is 0.907. The maximum Gasteiger partial charge on any atom is 0.181 e. The Hall–Kier alpha value is -1.61. The summed E-state index contributed by atoms with van der Waals surface area (Å²) in [5, 5.41) is 3.27. The minimum atomic E-state index is 0.173. The van der Waals surface area contributed by atoms with Crippen molar-refractivity contribution < 1.29 is 4.42 Å². The topological polar surface area (TPSA) is 38.1 Å². The van der Waals surface area contributed by atoms with E-state index in [0.717, 1.165) is 30.1 Å². The van der Waals surface area contributed by atoms with E-state index in [9.17, 15) is 0 Å². The summed E-state index contributed by atoms with van der Waals surface area (Å²) in [6, 6.07) is 8.54. The van der Waals surface area contributed by atoms with Crippen molar-refractivity contribution >= 4 is 0 Å². The number of hydrogen-bond acceptors (Lipinski definition) is 3. The third kappa shape index (κ3) is 3.24. The maximum absolute atomic E-state index is 5.52. The molecule has 19 heavy (non-hydrogen) atoms. The van der Waals surface area contributed by atoms with E-state index in [2.05, 4.69) is 62.3 Å². The van der Waals surface area contributed by atoms with Crippen LogP contribution < -0.4 is 5.32 Å². The molecule has 1 aromatic heterocycles. The summed E-state index contributed by atoms with van der Waals surface area (Å²) < 4.78 is 5.52. The lowest BCUT2D eigenvalue weighted by molar-refractivity contribution is 0.569. The zero-order valence-electron chi connectivity index (χ0n) is 12.2. The second-order valence-corrected chi connectivity index (χ2v) is 5.74. The number of hydrogen-bond donors (Lipinski definition) is 1. The minimum absolute atomic E-state index is 0.173. The van der Waals surface area contributed by atoms with E-state index in [1.165, 1.54) is 12.0 Å². The highest BCUT2D eigenvalue weighted by Gasteiger charge is 2.15. The molecule has 0 fully saturated rings. The molecular formula is C16H22N2O. The first kappa shape index (κ1) is 13.8. The van der Waals surface area contributed by atoms with Gasteiger partial charge in [0.2, 0.25) is 0 Å². The monoisotopic (exact) mass is 258 g/mol. The van der Waals surface area contributed by atoms with Crippen LogP contribution in [-0.4, -0.2) is 11.5 Å². The third-order valence-corrected chi connectivity index (χ3v) is 3.20. The van der Waals surface area contributed by atoms with Crippen LogP contribution in [0.2, 0.25) is 0 Å². The van der Waals surface area contributed by atoms with Crippen LogP contribution in [0, 0.1) is 0 Å². The van der Waals surface area contributed by atoms with Crippen LogP contribution in [0.15, 0.2) is 35.1 Å². The van der Waals surface area contributed by atoms with E-state index < -0.39 is 0 Å². The summed E-state index contributed by atoms with van der Waals surface area (Å²) in [7, 11) is 0. The van der Waals surface area contributed by atoms with Crippen LogP contribution in [0.4, 0.5) is 0 Å². The molecule has 0 atom stereocenters. The molecule has 2 rings (SSSR count). The van der Waals surface area contributed by atoms with Crippen molar-refractivity contribution in [2.45, 2.75) is 39.7 Å². The number of oxazole rings is 1. The fourth-order valence-corrected chi connectivity index (χ4v) is 1.99. The fraction of sp³-hybridized carbons (Fsp3) is 0.438. The van der Waals surface area contributed by atoms with Gasteiger partial charge in [-0.25, -0.2) is 4.98 Å². The van der Waals surface area contributed by atoms with E-state index >= 15 is 0 Å². The number of benzene rings is 1. The molecule has 0 saturated heterocycles. The van der Waals surface area contributed by atoms with E-state index in [0.29, 0.717) is 0 Å². The van der Waals surface area contributed by atoms with Crippen molar-refractivity contribution in [3.8, 4) is 11.3 Å². The lowest BCUT2D eigenvalue weighted by Crippen LogP contribution is -2.12. The van der Waals surface area contributed by atoms with Crippen LogP contribution in [0.1, 0.15) is 39.0 Å². The standard InChI is InChI=1S/C16H22N2O/c1-5-17-10-14-15(19-11-18-14)12-6-8-13(9-7-12)16(2,3)4/h6-9,11,17H,5,10H2,1-4H3. The summed E-state index contributed by atoms with van der Waals surface area (Å²) in [4.78, 5) is 4.27. The molecule has 1 aromatic carbocycles. The minimum Gasteiger partial charge on any atom is -0.443 e. The molecule has 0 radical (unpaired) electrons. The van der Waals surface area contributed by atoms with Crippen LogP contribution in [0.3, 0.4) is 0 Å². The Labute approximate surface area is 115 Å². The van der Waals surface area contributed by atoms with Crippen molar-refractivity contribution in [3.63, 3.8) is 0 Å². The first-order valence-electron chi connectivity index (χ1n) is 6.76. The Bertz CT molecular complexity index is 520. The summed E-state index contributed by atoms with van der Waals surface area (Å²) in [6.45, 7) is 10.4. The molecule has 0 spiro atoms. The molecule has 1 heterocycles. The summed E-state index contributed by atoms with van der Waals surface area (Å²) in [5.74, 6) is 0.862. The second-order valence-electron chi connectivity index (χ2n) is 5.74. The number of nitrogens with one attached hydrogen (secondary N) is 1. The zero-order chi connectivity index (χ0) is 13.9. The van der Waals surface area contributed by atoms with Crippen LogP contribution in [-0.2, 0) is 12.0 Å². The second kappa shape index (κ2) is 5.57. The summed E-state index contributed by atoms with van der Waals surface area (Å²) >= 11 is 0. The molecule has 0 aliphatic rings. The van der Waals surface area contributed by atoms with E-state index in [4.69, 9.17) is 4.42 Å². The molecule has 3 heteroatoms. The van der Waals surface area contributed by atoms with E-state index in [-0.39, 0.29) is 5.41 Å². The molecular weight excluding hydrogens is 236 g/mol. The van der Waals surface area contributed by atoms with Gasteiger partial charge in [0, 0.05) is 12.1 Å². The Morgan fingerprint density at radius 2 is 1.84 bits per heavy atom. The average molecular weight is 258 g/mol. The van der Waals surface area contributed by atoms with Gasteiger partial charge in [0.25, 0.3) is 0 Å². The van der Waals surface area contributed by atoms with Gasteiger partial charge >= 0.3 is 0 Å². The highest BCUT2D eigenvalue weighted by Crippen LogP contribution is 2.27. The lowest BCUT2D eigenvalue weighted by atomic mass is 9.86.